The molecule has 0 spiro atoms. The molecule has 0 saturated heterocycles. The van der Waals surface area contributed by atoms with Gasteiger partial charge in [0.05, 0.1) is 6.57 Å². The second-order valence-corrected chi connectivity index (χ2v) is 1.81. The highest BCUT2D eigenvalue weighted by Gasteiger charge is 2.12. The highest BCUT2D eigenvalue weighted by molar-refractivity contribution is 5.45. The van der Waals surface area contributed by atoms with Crippen molar-refractivity contribution in [1.82, 2.24) is 0 Å². The molecule has 0 fully saturated rings. The van der Waals surface area contributed by atoms with E-state index in [9.17, 15) is 13.2 Å². The lowest BCUT2D eigenvalue weighted by molar-refractivity contribution is 0.450. The SMILES string of the molecule is [C-]#[N+]c1ccc(F)c(F)c1F. The molecule has 0 bridgehead atoms. The molecule has 0 amide bonds. The van der Waals surface area contributed by atoms with Gasteiger partial charge in [-0.15, -0.1) is 0 Å². The second-order valence-electron chi connectivity index (χ2n) is 1.81. The van der Waals surface area contributed by atoms with Crippen molar-refractivity contribution in [3.8, 4) is 0 Å². The molecule has 56 valence electrons. The van der Waals surface area contributed by atoms with Crippen molar-refractivity contribution < 1.29 is 13.2 Å². The minimum atomic E-state index is -1.60. The molecule has 4 heteroatoms. The van der Waals surface area contributed by atoms with E-state index in [1.54, 1.807) is 0 Å². The molecule has 0 aromatic heterocycles. The van der Waals surface area contributed by atoms with E-state index in [0.717, 1.165) is 6.07 Å². The third-order valence-corrected chi connectivity index (χ3v) is 1.14. The summed E-state index contributed by atoms with van der Waals surface area (Å²) in [6.45, 7) is 6.35. The van der Waals surface area contributed by atoms with Crippen LogP contribution in [-0.2, 0) is 0 Å². The van der Waals surface area contributed by atoms with Crippen LogP contribution < -0.4 is 0 Å². The van der Waals surface area contributed by atoms with Gasteiger partial charge in [-0.2, -0.15) is 0 Å². The molecule has 1 nitrogen and oxygen atoms in total. The lowest BCUT2D eigenvalue weighted by Crippen LogP contribution is -1.88. The fourth-order valence-corrected chi connectivity index (χ4v) is 0.602. The number of nitrogens with zero attached hydrogens (tertiary/aromatic N) is 1. The van der Waals surface area contributed by atoms with Gasteiger partial charge >= 0.3 is 0 Å². The van der Waals surface area contributed by atoms with Gasteiger partial charge < -0.3 is 0 Å². The van der Waals surface area contributed by atoms with E-state index in [0.29, 0.717) is 6.07 Å². The van der Waals surface area contributed by atoms with E-state index in [4.69, 9.17) is 6.57 Å². The fraction of sp³-hybridized carbons (Fsp3) is 0. The third kappa shape index (κ3) is 1.17. The summed E-state index contributed by atoms with van der Waals surface area (Å²) in [6, 6.07) is 1.60. The molecule has 0 saturated carbocycles. The maximum absolute atomic E-state index is 12.4. The van der Waals surface area contributed by atoms with Crippen molar-refractivity contribution in [3.05, 3.63) is 41.0 Å². The van der Waals surface area contributed by atoms with Crippen LogP contribution in [0.15, 0.2) is 12.1 Å². The van der Waals surface area contributed by atoms with Gasteiger partial charge in [-0.05, 0) is 6.07 Å². The maximum Gasteiger partial charge on any atom is 0.225 e. The Morgan fingerprint density at radius 3 is 2.27 bits per heavy atom. The normalized spacial score (nSPS) is 9.27. The van der Waals surface area contributed by atoms with Crippen molar-refractivity contribution in [3.63, 3.8) is 0 Å². The first-order valence-corrected chi connectivity index (χ1v) is 2.67. The van der Waals surface area contributed by atoms with Crippen LogP contribution >= 0.6 is 0 Å². The monoisotopic (exact) mass is 157 g/mol. The van der Waals surface area contributed by atoms with Gasteiger partial charge in [-0.1, -0.05) is 6.07 Å². The van der Waals surface area contributed by atoms with Gasteiger partial charge in [0, 0.05) is 0 Å². The van der Waals surface area contributed by atoms with E-state index in [2.05, 4.69) is 4.85 Å². The van der Waals surface area contributed by atoms with E-state index in [-0.39, 0.29) is 0 Å². The molecule has 1 rings (SSSR count). The average molecular weight is 157 g/mol. The lowest BCUT2D eigenvalue weighted by atomic mass is 10.3. The first kappa shape index (κ1) is 7.61. The van der Waals surface area contributed by atoms with Crippen molar-refractivity contribution >= 4 is 5.69 Å². The highest BCUT2D eigenvalue weighted by Crippen LogP contribution is 2.21. The summed E-state index contributed by atoms with van der Waals surface area (Å²) in [5, 5.41) is 0. The Morgan fingerprint density at radius 1 is 1.09 bits per heavy atom. The Kier molecular flexibility index (Phi) is 1.81. The largest absolute Gasteiger partial charge is 0.235 e. The molecule has 1 aromatic rings. The zero-order chi connectivity index (χ0) is 8.43. The molecular formula is C7H2F3N. The summed E-state index contributed by atoms with van der Waals surface area (Å²) in [5.41, 5.74) is -0.510. The van der Waals surface area contributed by atoms with Crippen LogP contribution in [0.3, 0.4) is 0 Å². The first-order valence-electron chi connectivity index (χ1n) is 2.67. The minimum Gasteiger partial charge on any atom is -0.235 e. The van der Waals surface area contributed by atoms with Gasteiger partial charge in [0.1, 0.15) is 0 Å². The van der Waals surface area contributed by atoms with Gasteiger partial charge in [-0.25, -0.2) is 18.0 Å². The standard InChI is InChI=1S/C7H2F3N/c1-11-5-3-2-4(8)6(9)7(5)10/h2-3H. The van der Waals surface area contributed by atoms with Gasteiger partial charge in [-0.3, -0.25) is 0 Å². The van der Waals surface area contributed by atoms with Crippen LogP contribution in [0.4, 0.5) is 18.9 Å². The summed E-state index contributed by atoms with van der Waals surface area (Å²) >= 11 is 0. The Bertz CT molecular complexity index is 327. The first-order chi connectivity index (χ1) is 5.16. The number of halogens is 3. The molecule has 0 aliphatic rings. The highest BCUT2D eigenvalue weighted by atomic mass is 19.2. The van der Waals surface area contributed by atoms with Crippen LogP contribution in [-0.4, -0.2) is 0 Å². The number of hydrogen-bond acceptors (Lipinski definition) is 0. The van der Waals surface area contributed by atoms with Crippen molar-refractivity contribution in [2.75, 3.05) is 0 Å². The van der Waals surface area contributed by atoms with E-state index in [1.165, 1.54) is 0 Å². The predicted octanol–water partition coefficient (Wildman–Crippen LogP) is 2.65. The molecule has 11 heavy (non-hydrogen) atoms. The maximum atomic E-state index is 12.4. The van der Waals surface area contributed by atoms with Crippen LogP contribution in [0, 0.1) is 24.0 Å². The van der Waals surface area contributed by atoms with Crippen LogP contribution in [0.2, 0.25) is 0 Å². The third-order valence-electron chi connectivity index (χ3n) is 1.14. The predicted molar refractivity (Wildman–Crippen MR) is 32.6 cm³/mol. The number of rotatable bonds is 0. The molecule has 0 atom stereocenters. The fourth-order valence-electron chi connectivity index (χ4n) is 0.602. The number of hydrogen-bond donors (Lipinski definition) is 0. The van der Waals surface area contributed by atoms with Crippen LogP contribution in [0.25, 0.3) is 4.85 Å². The second kappa shape index (κ2) is 2.62. The van der Waals surface area contributed by atoms with Crippen LogP contribution in [0.5, 0.6) is 0 Å². The lowest BCUT2D eigenvalue weighted by Gasteiger charge is -1.94. The summed E-state index contributed by atoms with van der Waals surface area (Å²) < 4.78 is 36.9. The average Bonchev–Trinajstić information content (AvgIpc) is 2.01. The number of benzene rings is 1. The van der Waals surface area contributed by atoms with Gasteiger partial charge in [0.25, 0.3) is 0 Å². The Labute approximate surface area is 60.9 Å². The quantitative estimate of drug-likeness (QED) is 0.402. The Hall–Kier alpha value is -1.50. The van der Waals surface area contributed by atoms with Gasteiger partial charge in [0.15, 0.2) is 17.5 Å². The van der Waals surface area contributed by atoms with Crippen molar-refractivity contribution in [1.29, 1.82) is 0 Å². The smallest absolute Gasteiger partial charge is 0.225 e. The molecule has 0 N–H and O–H groups in total. The summed E-state index contributed by atoms with van der Waals surface area (Å²) in [5.74, 6) is -4.31. The van der Waals surface area contributed by atoms with E-state index < -0.39 is 23.1 Å². The molecule has 0 aliphatic carbocycles. The van der Waals surface area contributed by atoms with Crippen LogP contribution in [0.1, 0.15) is 0 Å². The summed E-state index contributed by atoms with van der Waals surface area (Å²) in [4.78, 5) is 2.64. The molecule has 0 aliphatic heterocycles. The Morgan fingerprint density at radius 2 is 1.73 bits per heavy atom. The molecule has 0 unspecified atom stereocenters. The van der Waals surface area contributed by atoms with Crippen molar-refractivity contribution in [2.45, 2.75) is 0 Å². The minimum absolute atomic E-state index is 0.510. The molecule has 0 radical (unpaired) electrons. The molecular weight excluding hydrogens is 155 g/mol. The molecule has 1 aromatic carbocycles. The molecule has 0 heterocycles. The summed E-state index contributed by atoms with van der Waals surface area (Å²) in [6.07, 6.45) is 0. The topological polar surface area (TPSA) is 4.36 Å². The van der Waals surface area contributed by atoms with E-state index in [1.807, 2.05) is 0 Å². The zero-order valence-corrected chi connectivity index (χ0v) is 5.24. The summed E-state index contributed by atoms with van der Waals surface area (Å²) in [7, 11) is 0. The van der Waals surface area contributed by atoms with E-state index >= 15 is 0 Å². The Balaban J connectivity index is 3.40. The zero-order valence-electron chi connectivity index (χ0n) is 5.24. The van der Waals surface area contributed by atoms with Gasteiger partial charge in [0.2, 0.25) is 5.69 Å². The van der Waals surface area contributed by atoms with Crippen molar-refractivity contribution in [2.24, 2.45) is 0 Å².